The van der Waals surface area contributed by atoms with E-state index in [1.165, 1.54) is 6.07 Å². The van der Waals surface area contributed by atoms with Crippen molar-refractivity contribution < 1.29 is 14.3 Å². The van der Waals surface area contributed by atoms with Gasteiger partial charge in [-0.1, -0.05) is 24.6 Å². The highest BCUT2D eigenvalue weighted by atomic mass is 19.1. The number of hydrogen-bond acceptors (Lipinski definition) is 3. The summed E-state index contributed by atoms with van der Waals surface area (Å²) in [7, 11) is 0. The number of rotatable bonds is 5. The summed E-state index contributed by atoms with van der Waals surface area (Å²) in [6, 6.07) is 6.49. The smallest absolute Gasteiger partial charge is 0.234 e. The molecule has 2 N–H and O–H groups in total. The molecule has 1 unspecified atom stereocenters. The number of hydrogen-bond donors (Lipinski definition) is 2. The minimum atomic E-state index is -0.306. The molecule has 1 atom stereocenters. The molecule has 0 aromatic heterocycles. The van der Waals surface area contributed by atoms with Crippen molar-refractivity contribution in [1.82, 2.24) is 10.2 Å². The highest BCUT2D eigenvalue weighted by Crippen LogP contribution is 2.15. The number of aliphatic hydroxyl groups excluding tert-OH is 1. The number of piperidine rings is 1. The summed E-state index contributed by atoms with van der Waals surface area (Å²) in [5, 5.41) is 12.0. The molecule has 1 amide bonds. The summed E-state index contributed by atoms with van der Waals surface area (Å²) < 4.78 is 13.4. The first-order chi connectivity index (χ1) is 9.70. The number of amides is 1. The molecular weight excluding hydrogens is 259 g/mol. The van der Waals surface area contributed by atoms with Gasteiger partial charge in [-0.2, -0.15) is 0 Å². The Kier molecular flexibility index (Phi) is 5.49. The molecule has 0 radical (unpaired) electrons. The quantitative estimate of drug-likeness (QED) is 0.854. The van der Waals surface area contributed by atoms with Gasteiger partial charge in [0.15, 0.2) is 0 Å². The lowest BCUT2D eigenvalue weighted by molar-refractivity contribution is -0.123. The van der Waals surface area contributed by atoms with Crippen molar-refractivity contribution in [3.8, 4) is 0 Å². The third-order valence-electron chi connectivity index (χ3n) is 3.74. The van der Waals surface area contributed by atoms with Gasteiger partial charge in [0.2, 0.25) is 5.91 Å². The van der Waals surface area contributed by atoms with Gasteiger partial charge in [-0.3, -0.25) is 9.69 Å². The maximum Gasteiger partial charge on any atom is 0.234 e. The molecule has 1 heterocycles. The normalized spacial score (nSPS) is 19.8. The molecule has 0 aliphatic carbocycles. The third-order valence-corrected chi connectivity index (χ3v) is 3.74. The van der Waals surface area contributed by atoms with Crippen LogP contribution in [0.25, 0.3) is 0 Å². The van der Waals surface area contributed by atoms with Crippen LogP contribution in [-0.2, 0) is 11.3 Å². The average molecular weight is 280 g/mol. The lowest BCUT2D eigenvalue weighted by atomic mass is 10.0. The Morgan fingerprint density at radius 1 is 1.40 bits per heavy atom. The van der Waals surface area contributed by atoms with Crippen LogP contribution in [0.4, 0.5) is 4.39 Å². The van der Waals surface area contributed by atoms with Crippen LogP contribution in [0.1, 0.15) is 24.8 Å². The summed E-state index contributed by atoms with van der Waals surface area (Å²) >= 11 is 0. The van der Waals surface area contributed by atoms with E-state index in [1.54, 1.807) is 18.2 Å². The van der Waals surface area contributed by atoms with Crippen LogP contribution >= 0.6 is 0 Å². The van der Waals surface area contributed by atoms with Crippen molar-refractivity contribution in [2.45, 2.75) is 31.8 Å². The Labute approximate surface area is 118 Å². The fourth-order valence-corrected chi connectivity index (χ4v) is 2.55. The summed E-state index contributed by atoms with van der Waals surface area (Å²) in [6.45, 7) is 1.38. The molecule has 4 nitrogen and oxygen atoms in total. The molecule has 2 rings (SSSR count). The number of benzene rings is 1. The molecule has 1 aromatic carbocycles. The third kappa shape index (κ3) is 4.02. The first-order valence-electron chi connectivity index (χ1n) is 7.05. The van der Waals surface area contributed by atoms with E-state index in [0.29, 0.717) is 5.56 Å². The molecule has 0 bridgehead atoms. The molecule has 1 aromatic rings. The Bertz CT molecular complexity index is 453. The van der Waals surface area contributed by atoms with E-state index in [2.05, 4.69) is 5.32 Å². The van der Waals surface area contributed by atoms with E-state index >= 15 is 0 Å². The summed E-state index contributed by atoms with van der Waals surface area (Å²) in [6.07, 6.45) is 3.08. The molecule has 1 aliphatic heterocycles. The van der Waals surface area contributed by atoms with Crippen molar-refractivity contribution in [2.24, 2.45) is 0 Å². The van der Waals surface area contributed by atoms with Crippen molar-refractivity contribution in [3.63, 3.8) is 0 Å². The fraction of sp³-hybridized carbons (Fsp3) is 0.533. The van der Waals surface area contributed by atoms with E-state index in [-0.39, 0.29) is 37.5 Å². The number of halogens is 1. The summed E-state index contributed by atoms with van der Waals surface area (Å²) in [4.78, 5) is 13.9. The second-order valence-corrected chi connectivity index (χ2v) is 5.17. The van der Waals surface area contributed by atoms with Crippen LogP contribution in [0.5, 0.6) is 0 Å². The minimum Gasteiger partial charge on any atom is -0.395 e. The van der Waals surface area contributed by atoms with E-state index in [4.69, 9.17) is 0 Å². The zero-order valence-electron chi connectivity index (χ0n) is 11.5. The molecule has 1 fully saturated rings. The molecule has 5 heteroatoms. The van der Waals surface area contributed by atoms with Crippen molar-refractivity contribution >= 4 is 5.91 Å². The van der Waals surface area contributed by atoms with Crippen LogP contribution < -0.4 is 5.32 Å². The van der Waals surface area contributed by atoms with Gasteiger partial charge in [-0.15, -0.1) is 0 Å². The van der Waals surface area contributed by atoms with E-state index < -0.39 is 0 Å². The largest absolute Gasteiger partial charge is 0.395 e. The van der Waals surface area contributed by atoms with Crippen LogP contribution in [0.3, 0.4) is 0 Å². The number of nitrogens with zero attached hydrogens (tertiary/aromatic N) is 1. The molecule has 20 heavy (non-hydrogen) atoms. The Hall–Kier alpha value is -1.46. The second kappa shape index (κ2) is 7.36. The van der Waals surface area contributed by atoms with Crippen LogP contribution in [0, 0.1) is 5.82 Å². The van der Waals surface area contributed by atoms with Crippen LogP contribution in [0.15, 0.2) is 24.3 Å². The van der Waals surface area contributed by atoms with Gasteiger partial charge in [-0.25, -0.2) is 4.39 Å². The average Bonchev–Trinajstić information content (AvgIpc) is 2.47. The maximum absolute atomic E-state index is 13.4. The van der Waals surface area contributed by atoms with Crippen molar-refractivity contribution in [3.05, 3.63) is 35.6 Å². The zero-order valence-corrected chi connectivity index (χ0v) is 11.5. The van der Waals surface area contributed by atoms with Crippen LogP contribution in [0.2, 0.25) is 0 Å². The first-order valence-corrected chi connectivity index (χ1v) is 7.05. The summed E-state index contributed by atoms with van der Waals surface area (Å²) in [5.74, 6) is -0.437. The summed E-state index contributed by atoms with van der Waals surface area (Å²) in [5.41, 5.74) is 0.484. The molecule has 110 valence electrons. The van der Waals surface area contributed by atoms with Gasteiger partial charge in [-0.05, 0) is 25.5 Å². The Morgan fingerprint density at radius 3 is 2.95 bits per heavy atom. The standard InChI is InChI=1S/C15H21FN2O2/c16-14-7-2-1-5-12(14)9-17-15(20)10-18-8-4-3-6-13(18)11-19/h1-2,5,7,13,19H,3-4,6,8-11H2,(H,17,20). The monoisotopic (exact) mass is 280 g/mol. The molecule has 1 aliphatic rings. The van der Waals surface area contributed by atoms with Gasteiger partial charge >= 0.3 is 0 Å². The molecule has 0 saturated carbocycles. The lowest BCUT2D eigenvalue weighted by Crippen LogP contribution is -2.47. The topological polar surface area (TPSA) is 52.6 Å². The van der Waals surface area contributed by atoms with Crippen LogP contribution in [-0.4, -0.2) is 41.7 Å². The molecule has 0 spiro atoms. The predicted octanol–water partition coefficient (Wildman–Crippen LogP) is 1.29. The van der Waals surface area contributed by atoms with Gasteiger partial charge < -0.3 is 10.4 Å². The SMILES string of the molecule is O=C(CN1CCCCC1CO)NCc1ccccc1F. The van der Waals surface area contributed by atoms with Crippen molar-refractivity contribution in [1.29, 1.82) is 0 Å². The van der Waals surface area contributed by atoms with Crippen molar-refractivity contribution in [2.75, 3.05) is 19.7 Å². The molecule has 1 saturated heterocycles. The highest BCUT2D eigenvalue weighted by Gasteiger charge is 2.23. The maximum atomic E-state index is 13.4. The zero-order chi connectivity index (χ0) is 14.4. The van der Waals surface area contributed by atoms with Gasteiger partial charge in [0, 0.05) is 18.2 Å². The van der Waals surface area contributed by atoms with Gasteiger partial charge in [0.25, 0.3) is 0 Å². The minimum absolute atomic E-state index is 0.0722. The van der Waals surface area contributed by atoms with E-state index in [0.717, 1.165) is 25.8 Å². The highest BCUT2D eigenvalue weighted by molar-refractivity contribution is 5.78. The Balaban J connectivity index is 1.82. The van der Waals surface area contributed by atoms with Gasteiger partial charge in [0.05, 0.1) is 13.2 Å². The van der Waals surface area contributed by atoms with E-state index in [1.807, 2.05) is 4.90 Å². The lowest BCUT2D eigenvalue weighted by Gasteiger charge is -2.33. The first kappa shape index (κ1) is 14.9. The predicted molar refractivity (Wildman–Crippen MR) is 74.5 cm³/mol. The number of nitrogens with one attached hydrogen (secondary N) is 1. The number of likely N-dealkylation sites (tertiary alicyclic amines) is 1. The molecular formula is C15H21FN2O2. The number of aliphatic hydroxyl groups is 1. The number of carbonyl (C=O) groups is 1. The number of carbonyl (C=O) groups excluding carboxylic acids is 1. The van der Waals surface area contributed by atoms with Gasteiger partial charge in [0.1, 0.15) is 5.82 Å². The Morgan fingerprint density at radius 2 is 2.20 bits per heavy atom. The fourth-order valence-electron chi connectivity index (χ4n) is 2.55. The second-order valence-electron chi connectivity index (χ2n) is 5.17. The van der Waals surface area contributed by atoms with E-state index in [9.17, 15) is 14.3 Å².